The molecule has 1 rings (SSSR count). The summed E-state index contributed by atoms with van der Waals surface area (Å²) < 4.78 is 5.20. The van der Waals surface area contributed by atoms with E-state index in [1.807, 2.05) is 30.3 Å². The highest BCUT2D eigenvalue weighted by atomic mass is 16.6. The molecule has 1 aromatic carbocycles. The molecular formula is C20H30N2O5. The number of carboxylic acid groups (broad SMARTS) is 1. The average Bonchev–Trinajstić information content (AvgIpc) is 2.51. The first-order valence-electron chi connectivity index (χ1n) is 8.98. The molecule has 27 heavy (non-hydrogen) atoms. The fourth-order valence-corrected chi connectivity index (χ4v) is 2.72. The van der Waals surface area contributed by atoms with E-state index in [0.717, 1.165) is 5.56 Å². The van der Waals surface area contributed by atoms with Gasteiger partial charge < -0.3 is 20.1 Å². The van der Waals surface area contributed by atoms with Crippen molar-refractivity contribution in [2.24, 2.45) is 5.92 Å². The van der Waals surface area contributed by atoms with E-state index in [-0.39, 0.29) is 24.9 Å². The van der Waals surface area contributed by atoms with Crippen molar-refractivity contribution in [2.45, 2.75) is 52.2 Å². The Hall–Kier alpha value is -2.57. The Morgan fingerprint density at radius 3 is 2.30 bits per heavy atom. The fraction of sp³-hybridized carbons (Fsp3) is 0.550. The van der Waals surface area contributed by atoms with E-state index >= 15 is 0 Å². The van der Waals surface area contributed by atoms with Gasteiger partial charge in [0.15, 0.2) is 0 Å². The maximum atomic E-state index is 12.8. The minimum absolute atomic E-state index is 0.244. The molecule has 0 saturated heterocycles. The highest BCUT2D eigenvalue weighted by molar-refractivity contribution is 5.83. The molecular weight excluding hydrogens is 348 g/mol. The molecule has 7 heteroatoms. The monoisotopic (exact) mass is 378 g/mol. The number of nitrogens with zero attached hydrogens (tertiary/aromatic N) is 1. The predicted octanol–water partition coefficient (Wildman–Crippen LogP) is 2.69. The van der Waals surface area contributed by atoms with Crippen molar-refractivity contribution in [3.63, 3.8) is 0 Å². The quantitative estimate of drug-likeness (QED) is 0.725. The Morgan fingerprint density at radius 1 is 1.19 bits per heavy atom. The van der Waals surface area contributed by atoms with Gasteiger partial charge in [0.1, 0.15) is 5.60 Å². The third-order valence-corrected chi connectivity index (χ3v) is 3.78. The fourth-order valence-electron chi connectivity index (χ4n) is 2.72. The molecule has 2 amide bonds. The van der Waals surface area contributed by atoms with E-state index in [1.54, 1.807) is 34.7 Å². The lowest BCUT2D eigenvalue weighted by atomic mass is 9.94. The molecule has 0 aliphatic rings. The zero-order chi connectivity index (χ0) is 20.6. The van der Waals surface area contributed by atoms with Gasteiger partial charge in [0.25, 0.3) is 0 Å². The van der Waals surface area contributed by atoms with Crippen molar-refractivity contribution < 1.29 is 24.2 Å². The Morgan fingerprint density at radius 2 is 1.78 bits per heavy atom. The first kappa shape index (κ1) is 22.5. The lowest BCUT2D eigenvalue weighted by Crippen LogP contribution is -2.46. The number of hydrogen-bond acceptors (Lipinski definition) is 4. The van der Waals surface area contributed by atoms with E-state index in [0.29, 0.717) is 6.42 Å². The molecule has 0 aliphatic heterocycles. The molecule has 0 saturated carbocycles. The Balaban J connectivity index is 2.68. The molecule has 0 spiro atoms. The summed E-state index contributed by atoms with van der Waals surface area (Å²) in [5, 5.41) is 11.8. The van der Waals surface area contributed by atoms with Crippen LogP contribution < -0.4 is 5.32 Å². The minimum Gasteiger partial charge on any atom is -0.481 e. The summed E-state index contributed by atoms with van der Waals surface area (Å²) in [4.78, 5) is 37.2. The maximum Gasteiger partial charge on any atom is 0.407 e. The number of carboxylic acids is 1. The molecule has 0 unspecified atom stereocenters. The van der Waals surface area contributed by atoms with Gasteiger partial charge in [-0.15, -0.1) is 0 Å². The van der Waals surface area contributed by atoms with Crippen molar-refractivity contribution >= 4 is 18.0 Å². The zero-order valence-electron chi connectivity index (χ0n) is 16.7. The van der Waals surface area contributed by atoms with Gasteiger partial charge >= 0.3 is 12.1 Å². The van der Waals surface area contributed by atoms with Crippen LogP contribution in [0, 0.1) is 5.92 Å². The summed E-state index contributed by atoms with van der Waals surface area (Å²) in [6.07, 6.45) is -0.446. The highest BCUT2D eigenvalue weighted by Gasteiger charge is 2.26. The summed E-state index contributed by atoms with van der Waals surface area (Å²) >= 11 is 0. The largest absolute Gasteiger partial charge is 0.481 e. The number of benzene rings is 1. The summed E-state index contributed by atoms with van der Waals surface area (Å²) in [5.74, 6) is -1.94. The molecule has 0 radical (unpaired) electrons. The molecule has 0 fully saturated rings. The third-order valence-electron chi connectivity index (χ3n) is 3.78. The zero-order valence-corrected chi connectivity index (χ0v) is 16.7. The lowest BCUT2D eigenvalue weighted by molar-refractivity contribution is -0.144. The summed E-state index contributed by atoms with van der Waals surface area (Å²) in [6.45, 7) is 7.33. The molecule has 150 valence electrons. The van der Waals surface area contributed by atoms with Crippen LogP contribution in [0.4, 0.5) is 4.79 Å². The number of likely N-dealkylation sites (N-methyl/N-ethyl adjacent to an activating group) is 1. The van der Waals surface area contributed by atoms with E-state index < -0.39 is 23.6 Å². The molecule has 2 atom stereocenters. The topological polar surface area (TPSA) is 95.9 Å². The number of rotatable bonds is 8. The van der Waals surface area contributed by atoms with Gasteiger partial charge in [0.2, 0.25) is 5.91 Å². The minimum atomic E-state index is -1.02. The van der Waals surface area contributed by atoms with Crippen molar-refractivity contribution in [3.05, 3.63) is 35.9 Å². The van der Waals surface area contributed by atoms with Crippen molar-refractivity contribution in [3.8, 4) is 0 Å². The number of carbonyl (C=O) groups excluding carboxylic acids is 2. The summed E-state index contributed by atoms with van der Waals surface area (Å²) in [5.41, 5.74) is 0.304. The molecule has 0 aliphatic carbocycles. The van der Waals surface area contributed by atoms with Gasteiger partial charge in [-0.1, -0.05) is 30.3 Å². The van der Waals surface area contributed by atoms with E-state index in [9.17, 15) is 14.4 Å². The number of carbonyl (C=O) groups is 3. The van der Waals surface area contributed by atoms with Crippen LogP contribution in [-0.2, 0) is 20.7 Å². The van der Waals surface area contributed by atoms with Crippen molar-refractivity contribution in [1.29, 1.82) is 0 Å². The molecule has 2 N–H and O–H groups in total. The molecule has 0 bridgehead atoms. The maximum absolute atomic E-state index is 12.8. The van der Waals surface area contributed by atoms with Crippen LogP contribution >= 0.6 is 0 Å². The molecule has 1 aromatic rings. The number of amides is 2. The predicted molar refractivity (Wildman–Crippen MR) is 102 cm³/mol. The highest BCUT2D eigenvalue weighted by Crippen LogP contribution is 2.16. The lowest BCUT2D eigenvalue weighted by Gasteiger charge is -2.27. The SMILES string of the molecule is C[C@@H](CN(C)C(=O)[C@@H](CC(=O)O)Cc1ccccc1)NC(=O)OC(C)(C)C. The van der Waals surface area contributed by atoms with Gasteiger partial charge in [-0.2, -0.15) is 0 Å². The molecule has 7 nitrogen and oxygen atoms in total. The molecule has 0 heterocycles. The van der Waals surface area contributed by atoms with Crippen LogP contribution in [0.3, 0.4) is 0 Å². The number of nitrogens with one attached hydrogen (secondary N) is 1. The van der Waals surface area contributed by atoms with Gasteiger partial charge in [-0.3, -0.25) is 9.59 Å². The third kappa shape index (κ3) is 9.08. The second-order valence-corrected chi connectivity index (χ2v) is 7.75. The standard InChI is InChI=1S/C20H30N2O5/c1-14(21-19(26)27-20(2,3)4)13-22(5)18(25)16(12-17(23)24)11-15-9-7-6-8-10-15/h6-10,14,16H,11-13H2,1-5H3,(H,21,26)(H,23,24)/t14-,16+/m0/s1. The summed E-state index contributed by atoms with van der Waals surface area (Å²) in [7, 11) is 1.61. The number of aliphatic carboxylic acids is 1. The van der Waals surface area contributed by atoms with Crippen molar-refractivity contribution in [1.82, 2.24) is 10.2 Å². The normalized spacial score (nSPS) is 13.4. The number of hydrogen-bond donors (Lipinski definition) is 2. The van der Waals surface area contributed by atoms with E-state index in [1.165, 1.54) is 4.90 Å². The van der Waals surface area contributed by atoms with E-state index in [2.05, 4.69) is 5.32 Å². The van der Waals surface area contributed by atoms with Crippen LogP contribution in [-0.4, -0.2) is 53.2 Å². The Labute approximate surface area is 160 Å². The van der Waals surface area contributed by atoms with Gasteiger partial charge in [-0.25, -0.2) is 4.79 Å². The van der Waals surface area contributed by atoms with Gasteiger partial charge in [0.05, 0.1) is 12.3 Å². The van der Waals surface area contributed by atoms with Crippen molar-refractivity contribution in [2.75, 3.05) is 13.6 Å². The smallest absolute Gasteiger partial charge is 0.407 e. The average molecular weight is 378 g/mol. The number of alkyl carbamates (subject to hydrolysis) is 1. The first-order valence-corrected chi connectivity index (χ1v) is 8.98. The van der Waals surface area contributed by atoms with Gasteiger partial charge in [-0.05, 0) is 39.7 Å². The second-order valence-electron chi connectivity index (χ2n) is 7.75. The van der Waals surface area contributed by atoms with Crippen LogP contribution in [0.25, 0.3) is 0 Å². The summed E-state index contributed by atoms with van der Waals surface area (Å²) in [6, 6.07) is 8.98. The van der Waals surface area contributed by atoms with Gasteiger partial charge in [0, 0.05) is 19.6 Å². The Bertz CT molecular complexity index is 640. The van der Waals surface area contributed by atoms with Crippen LogP contribution in [0.15, 0.2) is 30.3 Å². The second kappa shape index (κ2) is 9.94. The first-order chi connectivity index (χ1) is 12.5. The van der Waals surface area contributed by atoms with E-state index in [4.69, 9.17) is 9.84 Å². The number of ether oxygens (including phenoxy) is 1. The van der Waals surface area contributed by atoms with Crippen LogP contribution in [0.5, 0.6) is 0 Å². The van der Waals surface area contributed by atoms with Crippen LogP contribution in [0.2, 0.25) is 0 Å². The van der Waals surface area contributed by atoms with Crippen LogP contribution in [0.1, 0.15) is 39.7 Å². The Kier molecular flexibility index (Phi) is 8.28. The molecule has 0 aromatic heterocycles.